The normalized spacial score (nSPS) is 26.3. The van der Waals surface area contributed by atoms with E-state index in [1.165, 1.54) is 42.5 Å². The van der Waals surface area contributed by atoms with Crippen molar-refractivity contribution in [3.63, 3.8) is 0 Å². The first-order valence-electron chi connectivity index (χ1n) is 27.8. The van der Waals surface area contributed by atoms with Gasteiger partial charge in [-0.1, -0.05) is 72.2 Å². The fraction of sp³-hybridized carbons (Fsp3) is 0.559. The van der Waals surface area contributed by atoms with Gasteiger partial charge >= 0.3 is 0 Å². The molecule has 76 heavy (non-hydrogen) atoms. The van der Waals surface area contributed by atoms with Gasteiger partial charge < -0.3 is 34.7 Å². The molecule has 1 amide bonds. The van der Waals surface area contributed by atoms with E-state index >= 15 is 0 Å². The number of anilines is 4. The van der Waals surface area contributed by atoms with Crippen LogP contribution in [0.1, 0.15) is 146 Å². The molecule has 6 aliphatic rings. The smallest absolute Gasteiger partial charge is 0.293 e. The Labute approximate surface area is 447 Å². The maximum Gasteiger partial charge on any atom is 0.293 e. The molecule has 6 heterocycles. The van der Waals surface area contributed by atoms with Gasteiger partial charge in [-0.15, -0.1) is 0 Å². The first-order valence-corrected chi connectivity index (χ1v) is 29.3. The molecule has 406 valence electrons. The molecule has 17 heteroatoms. The van der Waals surface area contributed by atoms with Crippen molar-refractivity contribution < 1.29 is 32.7 Å². The van der Waals surface area contributed by atoms with Crippen molar-refractivity contribution in [1.82, 2.24) is 19.6 Å². The summed E-state index contributed by atoms with van der Waals surface area (Å²) in [5, 5.41) is 26.9. The number of piperidine rings is 2. The molecule has 16 nitrogen and oxygen atoms in total. The maximum atomic E-state index is 14.9. The Morgan fingerprint density at radius 3 is 2.39 bits per heavy atom. The monoisotopic (exact) mass is 1060 g/mol. The van der Waals surface area contributed by atoms with Gasteiger partial charge in [0.15, 0.2) is 0 Å². The molecular formula is C59H76N8O8S. The van der Waals surface area contributed by atoms with Crippen LogP contribution >= 0.6 is 0 Å². The quantitative estimate of drug-likeness (QED) is 0.0681. The number of nitrogens with zero attached hydrogens (tertiary/aromatic N) is 5. The highest BCUT2D eigenvalue weighted by Crippen LogP contribution is 2.74. The molecule has 5 aromatic rings. The van der Waals surface area contributed by atoms with Gasteiger partial charge in [0.05, 0.1) is 39.3 Å². The van der Waals surface area contributed by atoms with E-state index in [0.717, 1.165) is 62.5 Å². The van der Waals surface area contributed by atoms with Crippen LogP contribution in [0.25, 0.3) is 11.0 Å². The molecule has 4 aliphatic heterocycles. The summed E-state index contributed by atoms with van der Waals surface area (Å²) in [6, 6.07) is 22.9. The number of carbonyl (C=O) groups is 1. The van der Waals surface area contributed by atoms with Gasteiger partial charge in [0, 0.05) is 61.7 Å². The highest BCUT2D eigenvalue weighted by atomic mass is 32.2. The van der Waals surface area contributed by atoms with Gasteiger partial charge in [0.25, 0.3) is 21.6 Å². The summed E-state index contributed by atoms with van der Waals surface area (Å²) in [5.74, 6) is 0.144. The van der Waals surface area contributed by atoms with Crippen LogP contribution in [0.4, 0.5) is 28.4 Å². The lowest BCUT2D eigenvalue weighted by Gasteiger charge is -2.77. The molecule has 2 saturated carbocycles. The van der Waals surface area contributed by atoms with E-state index in [1.807, 2.05) is 37.4 Å². The van der Waals surface area contributed by atoms with Gasteiger partial charge in [0.2, 0.25) is 5.88 Å². The van der Waals surface area contributed by atoms with Gasteiger partial charge in [0.1, 0.15) is 23.1 Å². The van der Waals surface area contributed by atoms with Crippen LogP contribution in [0.2, 0.25) is 0 Å². The Balaban J connectivity index is 0.900. The van der Waals surface area contributed by atoms with Crippen LogP contribution in [0.3, 0.4) is 0 Å². The number of H-pyrrole nitrogens is 1. The van der Waals surface area contributed by atoms with E-state index < -0.39 is 43.1 Å². The van der Waals surface area contributed by atoms with E-state index in [-0.39, 0.29) is 39.5 Å². The highest BCUT2D eigenvalue weighted by Gasteiger charge is 2.73. The molecule has 0 unspecified atom stereocenters. The summed E-state index contributed by atoms with van der Waals surface area (Å²) in [4.78, 5) is 41.7. The Bertz CT molecular complexity index is 3120. The molecule has 3 atom stereocenters. The van der Waals surface area contributed by atoms with Crippen LogP contribution in [-0.4, -0.2) is 102 Å². The lowest BCUT2D eigenvalue weighted by atomic mass is 9.32. The summed E-state index contributed by atoms with van der Waals surface area (Å²) in [6.07, 6.45) is 10.3. The number of likely N-dealkylation sites (tertiary alicyclic amines) is 1. The number of nitro benzene ring substituents is 1. The number of hydrogen-bond acceptors (Lipinski definition) is 13. The second kappa shape index (κ2) is 19.6. The minimum absolute atomic E-state index is 0.0337. The van der Waals surface area contributed by atoms with Crippen molar-refractivity contribution in [1.29, 1.82) is 0 Å². The molecular weight excluding hydrogens is 981 g/mol. The van der Waals surface area contributed by atoms with Gasteiger partial charge in [-0.05, 0) is 153 Å². The van der Waals surface area contributed by atoms with E-state index in [4.69, 9.17) is 14.5 Å². The van der Waals surface area contributed by atoms with E-state index in [9.17, 15) is 28.4 Å². The molecule has 3 aromatic carbocycles. The minimum atomic E-state index is -4.64. The zero-order chi connectivity index (χ0) is 53.5. The Hall–Kier alpha value is -5.75. The van der Waals surface area contributed by atoms with E-state index in [1.54, 1.807) is 6.07 Å². The van der Waals surface area contributed by atoms with Gasteiger partial charge in [-0.25, -0.2) is 13.1 Å². The van der Waals surface area contributed by atoms with Crippen LogP contribution in [-0.2, 0) is 14.8 Å². The number of aromatic amines is 1. The number of pyridine rings is 1. The SMILES string of the molecule is CC(C)c1ccccc1[C@H]1CCCCN1C1C(C)(C)C2(CCN(c3ccc(C(=O)NS(=O)(=O)c4ccc(NCC5CCC(C)(O)CC5)c([N+](=O)[O-])c4)c(N4c5cc6cc[nH]c6nc5O[C@H]5COCC[C@@H]54)c3)CC2)C1(C)C. The number of aromatic nitrogens is 2. The zero-order valence-corrected chi connectivity index (χ0v) is 46.0. The van der Waals surface area contributed by atoms with Gasteiger partial charge in [-0.3, -0.25) is 19.8 Å². The maximum absolute atomic E-state index is 14.9. The van der Waals surface area contributed by atoms with Crippen molar-refractivity contribution in [2.75, 3.05) is 54.5 Å². The van der Waals surface area contributed by atoms with Gasteiger partial charge in [-0.2, -0.15) is 4.98 Å². The lowest BCUT2D eigenvalue weighted by Crippen LogP contribution is -2.78. The fourth-order valence-electron chi connectivity index (χ4n) is 15.4. The molecule has 2 aliphatic carbocycles. The van der Waals surface area contributed by atoms with Crippen molar-refractivity contribution in [2.24, 2.45) is 22.2 Å². The minimum Gasteiger partial charge on any atom is -0.468 e. The predicted molar refractivity (Wildman–Crippen MR) is 296 cm³/mol. The molecule has 5 fully saturated rings. The zero-order valence-electron chi connectivity index (χ0n) is 45.2. The number of carbonyl (C=O) groups excluding carboxylic acids is 1. The Morgan fingerprint density at radius 1 is 0.908 bits per heavy atom. The van der Waals surface area contributed by atoms with Crippen molar-refractivity contribution in [2.45, 2.75) is 153 Å². The fourth-order valence-corrected chi connectivity index (χ4v) is 16.4. The number of nitro groups is 1. The highest BCUT2D eigenvalue weighted by molar-refractivity contribution is 7.90. The van der Waals surface area contributed by atoms with Crippen LogP contribution in [0, 0.1) is 32.3 Å². The summed E-state index contributed by atoms with van der Waals surface area (Å²) in [6.45, 7) is 20.4. The number of ether oxygens (including phenoxy) is 2. The van der Waals surface area contributed by atoms with Crippen molar-refractivity contribution in [3.05, 3.63) is 106 Å². The first kappa shape index (κ1) is 52.3. The summed E-state index contributed by atoms with van der Waals surface area (Å²) >= 11 is 0. The number of nitrogens with one attached hydrogen (secondary N) is 3. The number of amides is 1. The predicted octanol–water partition coefficient (Wildman–Crippen LogP) is 11.0. The Morgan fingerprint density at radius 2 is 1.66 bits per heavy atom. The first-order chi connectivity index (χ1) is 36.2. The van der Waals surface area contributed by atoms with E-state index in [0.29, 0.717) is 79.9 Å². The molecule has 11 rings (SSSR count). The standard InChI is InChI=1S/C59H76N8O8S/c1-37(2)42-12-8-9-13-43(42)46-14-10-11-28-65(46)55-56(3,4)59(57(55,5)6)25-29-64(30-26-59)40-15-17-44(48(33-40)66-47-22-31-74-36-51(47)75-54-50(66)32-39-21-27-60-52(39)62-54)53(68)63-76(72,73)41-16-18-45(49(34-41)67(70)71)61-35-38-19-23-58(7,69)24-20-38/h8-9,12-13,15-18,21,27,32-34,37-38,46-47,51,55,61,69H,10-11,14,19-20,22-26,28-31,35-36H2,1-7H3,(H,60,62)(H,63,68)/t38?,46-,47+,51+,58?/m1/s1. The number of benzene rings is 3. The second-order valence-electron chi connectivity index (χ2n) is 24.5. The van der Waals surface area contributed by atoms with Crippen LogP contribution < -0.4 is 24.6 Å². The average molecular weight is 1060 g/mol. The molecule has 4 N–H and O–H groups in total. The largest absolute Gasteiger partial charge is 0.468 e. The Kier molecular flexibility index (Phi) is 13.5. The van der Waals surface area contributed by atoms with Crippen LogP contribution in [0.15, 0.2) is 83.9 Å². The van der Waals surface area contributed by atoms with Crippen LogP contribution in [0.5, 0.6) is 5.88 Å². The average Bonchev–Trinajstić information content (AvgIpc) is 3.94. The molecule has 1 spiro atoms. The summed E-state index contributed by atoms with van der Waals surface area (Å²) < 4.78 is 43.4. The summed E-state index contributed by atoms with van der Waals surface area (Å²) in [7, 11) is -4.64. The third-order valence-corrected chi connectivity index (χ3v) is 20.6. The number of aliphatic hydroxyl groups is 1. The van der Waals surface area contributed by atoms with Crippen molar-refractivity contribution in [3.8, 4) is 5.88 Å². The number of sulfonamides is 1. The third-order valence-electron chi connectivity index (χ3n) is 19.2. The lowest BCUT2D eigenvalue weighted by molar-refractivity contribution is -0.384. The van der Waals surface area contributed by atoms with Crippen molar-refractivity contribution >= 4 is 55.4 Å². The molecule has 0 radical (unpaired) electrons. The molecule has 0 bridgehead atoms. The third kappa shape index (κ3) is 8.99. The second-order valence-corrected chi connectivity index (χ2v) is 26.2. The topological polar surface area (TPSA) is 196 Å². The van der Waals surface area contributed by atoms with E-state index in [2.05, 4.69) is 95.5 Å². The number of hydrogen-bond donors (Lipinski definition) is 4. The molecule has 3 saturated heterocycles. The summed E-state index contributed by atoms with van der Waals surface area (Å²) in [5.41, 5.74) is 4.96. The molecule has 2 aromatic heterocycles. The number of fused-ring (bicyclic) bond motifs is 3. The number of rotatable bonds is 12.